The molecule has 2 saturated carbocycles. The van der Waals surface area contributed by atoms with Crippen molar-refractivity contribution >= 4 is 5.97 Å². The number of carboxylic acids is 1. The van der Waals surface area contributed by atoms with E-state index < -0.39 is 17.7 Å². The molecule has 202 valence electrons. The molecule has 2 aromatic carbocycles. The maximum Gasteiger partial charge on any atom is 0.419 e. The Balaban J connectivity index is 1.45. The second-order valence-corrected chi connectivity index (χ2v) is 12.1. The van der Waals surface area contributed by atoms with Gasteiger partial charge in [0.05, 0.1) is 17.6 Å². The molecule has 2 unspecified atom stereocenters. The van der Waals surface area contributed by atoms with Gasteiger partial charge in [-0.05, 0) is 104 Å². The molecule has 3 nitrogen and oxygen atoms in total. The lowest BCUT2D eigenvalue weighted by Gasteiger charge is -2.37. The van der Waals surface area contributed by atoms with Crippen LogP contribution < -0.4 is 4.74 Å². The van der Waals surface area contributed by atoms with E-state index in [0.29, 0.717) is 23.8 Å². The van der Waals surface area contributed by atoms with Gasteiger partial charge in [0.25, 0.3) is 0 Å². The summed E-state index contributed by atoms with van der Waals surface area (Å²) in [4.78, 5) is 11.2. The van der Waals surface area contributed by atoms with Crippen molar-refractivity contribution in [2.45, 2.75) is 90.8 Å². The Morgan fingerprint density at radius 2 is 1.65 bits per heavy atom. The van der Waals surface area contributed by atoms with E-state index in [1.165, 1.54) is 12.1 Å². The van der Waals surface area contributed by atoms with Crippen molar-refractivity contribution in [3.8, 4) is 16.9 Å². The smallest absolute Gasteiger partial charge is 0.419 e. The number of hydrogen-bond acceptors (Lipinski definition) is 2. The lowest BCUT2D eigenvalue weighted by atomic mass is 9.72. The van der Waals surface area contributed by atoms with E-state index in [9.17, 15) is 23.1 Å². The maximum absolute atomic E-state index is 14.1. The molecule has 0 spiro atoms. The van der Waals surface area contributed by atoms with Crippen LogP contribution in [-0.4, -0.2) is 17.2 Å². The third kappa shape index (κ3) is 7.08. The first-order valence-electron chi connectivity index (χ1n) is 13.6. The molecule has 6 heteroatoms. The standard InChI is InChI=1S/C31H39F3O3/c1-30(2,3)25-12-14-26(15-13-25)37-28-16-11-23(19-27(28)31(32,33)34)22-6-4-5-20(17-22)7-8-21-9-10-24(18-21)29(35)36/h4-6,11,16-17,19,21,24-26H,7-10,12-15,18H2,1-3H3,(H,35,36). The second-order valence-electron chi connectivity index (χ2n) is 12.1. The Kier molecular flexibility index (Phi) is 8.25. The summed E-state index contributed by atoms with van der Waals surface area (Å²) < 4.78 is 48.1. The average molecular weight is 517 g/mol. The third-order valence-electron chi connectivity index (χ3n) is 8.47. The molecular formula is C31H39F3O3. The lowest BCUT2D eigenvalue weighted by molar-refractivity contribution is -0.141. The van der Waals surface area contributed by atoms with Crippen molar-refractivity contribution in [3.05, 3.63) is 53.6 Å². The number of aliphatic carboxylic acids is 1. The number of benzene rings is 2. The molecular weight excluding hydrogens is 477 g/mol. The van der Waals surface area contributed by atoms with Crippen LogP contribution in [0.1, 0.15) is 83.3 Å². The summed E-state index contributed by atoms with van der Waals surface area (Å²) in [5.74, 6) is -0.0879. The summed E-state index contributed by atoms with van der Waals surface area (Å²) in [7, 11) is 0. The number of ether oxygens (including phenoxy) is 1. The number of aryl methyl sites for hydroxylation is 1. The minimum absolute atomic E-state index is 0.0826. The Labute approximate surface area is 218 Å². The molecule has 0 heterocycles. The van der Waals surface area contributed by atoms with Crippen LogP contribution in [0.4, 0.5) is 13.2 Å². The molecule has 0 aliphatic heterocycles. The van der Waals surface area contributed by atoms with E-state index in [-0.39, 0.29) is 23.2 Å². The molecule has 1 N–H and O–H groups in total. The van der Waals surface area contributed by atoms with Gasteiger partial charge >= 0.3 is 12.1 Å². The van der Waals surface area contributed by atoms with E-state index in [1.807, 2.05) is 24.3 Å². The van der Waals surface area contributed by atoms with Gasteiger partial charge in [0, 0.05) is 0 Å². The van der Waals surface area contributed by atoms with Crippen molar-refractivity contribution in [2.24, 2.45) is 23.2 Å². The zero-order chi connectivity index (χ0) is 26.8. The molecule has 0 amide bonds. The minimum Gasteiger partial charge on any atom is -0.490 e. The van der Waals surface area contributed by atoms with Gasteiger partial charge < -0.3 is 9.84 Å². The number of alkyl halides is 3. The topological polar surface area (TPSA) is 46.5 Å². The van der Waals surface area contributed by atoms with Crippen LogP contribution in [-0.2, 0) is 17.4 Å². The fraction of sp³-hybridized carbons (Fsp3) is 0.581. The summed E-state index contributed by atoms with van der Waals surface area (Å²) >= 11 is 0. The Morgan fingerprint density at radius 3 is 2.27 bits per heavy atom. The van der Waals surface area contributed by atoms with Crippen LogP contribution in [0.2, 0.25) is 0 Å². The molecule has 37 heavy (non-hydrogen) atoms. The number of rotatable bonds is 7. The van der Waals surface area contributed by atoms with Crippen LogP contribution in [0, 0.1) is 23.2 Å². The molecule has 0 saturated heterocycles. The fourth-order valence-corrected chi connectivity index (χ4v) is 6.10. The Morgan fingerprint density at radius 1 is 0.946 bits per heavy atom. The first-order chi connectivity index (χ1) is 17.4. The van der Waals surface area contributed by atoms with Gasteiger partial charge in [0.15, 0.2) is 0 Å². The Hall–Kier alpha value is -2.50. The summed E-state index contributed by atoms with van der Waals surface area (Å²) in [5, 5.41) is 9.22. The molecule has 0 bridgehead atoms. The van der Waals surface area contributed by atoms with Gasteiger partial charge in [-0.3, -0.25) is 4.79 Å². The van der Waals surface area contributed by atoms with Gasteiger partial charge in [-0.15, -0.1) is 0 Å². The van der Waals surface area contributed by atoms with Crippen LogP contribution in [0.25, 0.3) is 11.1 Å². The molecule has 2 aromatic rings. The quantitative estimate of drug-likeness (QED) is 0.400. The van der Waals surface area contributed by atoms with Crippen LogP contribution in [0.5, 0.6) is 5.75 Å². The van der Waals surface area contributed by atoms with Crippen LogP contribution >= 0.6 is 0 Å². The van der Waals surface area contributed by atoms with E-state index in [2.05, 4.69) is 20.8 Å². The maximum atomic E-state index is 14.1. The summed E-state index contributed by atoms with van der Waals surface area (Å²) in [6, 6.07) is 12.1. The number of hydrogen-bond donors (Lipinski definition) is 1. The molecule has 2 fully saturated rings. The van der Waals surface area contributed by atoms with Crippen molar-refractivity contribution in [1.29, 1.82) is 0 Å². The van der Waals surface area contributed by atoms with Gasteiger partial charge in [-0.25, -0.2) is 0 Å². The van der Waals surface area contributed by atoms with Crippen molar-refractivity contribution < 1.29 is 27.8 Å². The zero-order valence-electron chi connectivity index (χ0n) is 22.1. The molecule has 2 atom stereocenters. The fourth-order valence-electron chi connectivity index (χ4n) is 6.10. The molecule has 4 rings (SSSR count). The highest BCUT2D eigenvalue weighted by Crippen LogP contribution is 2.42. The second kappa shape index (κ2) is 11.1. The molecule has 0 radical (unpaired) electrons. The van der Waals surface area contributed by atoms with Crippen LogP contribution in [0.3, 0.4) is 0 Å². The highest BCUT2D eigenvalue weighted by molar-refractivity contribution is 5.70. The first-order valence-corrected chi connectivity index (χ1v) is 13.6. The monoisotopic (exact) mass is 516 g/mol. The lowest BCUT2D eigenvalue weighted by Crippen LogP contribution is -2.30. The third-order valence-corrected chi connectivity index (χ3v) is 8.47. The van der Waals surface area contributed by atoms with Gasteiger partial charge in [0.1, 0.15) is 5.75 Å². The van der Waals surface area contributed by atoms with Gasteiger partial charge in [-0.1, -0.05) is 51.1 Å². The van der Waals surface area contributed by atoms with Gasteiger partial charge in [0.2, 0.25) is 0 Å². The zero-order valence-corrected chi connectivity index (χ0v) is 22.1. The van der Waals surface area contributed by atoms with Gasteiger partial charge in [-0.2, -0.15) is 13.2 Å². The molecule has 2 aliphatic carbocycles. The predicted octanol–water partition coefficient (Wildman–Crippen LogP) is 8.79. The largest absolute Gasteiger partial charge is 0.490 e. The van der Waals surface area contributed by atoms with Crippen molar-refractivity contribution in [2.75, 3.05) is 0 Å². The number of halogens is 3. The highest BCUT2D eigenvalue weighted by Gasteiger charge is 2.37. The van der Waals surface area contributed by atoms with E-state index in [0.717, 1.165) is 62.5 Å². The number of carboxylic acid groups (broad SMARTS) is 1. The molecule has 0 aromatic heterocycles. The van der Waals surface area contributed by atoms with Crippen molar-refractivity contribution in [1.82, 2.24) is 0 Å². The summed E-state index contributed by atoms with van der Waals surface area (Å²) in [6.45, 7) is 6.66. The summed E-state index contributed by atoms with van der Waals surface area (Å²) in [6.07, 6.45) is 2.84. The van der Waals surface area contributed by atoms with E-state index in [4.69, 9.17) is 4.74 Å². The normalized spacial score (nSPS) is 24.7. The summed E-state index contributed by atoms with van der Waals surface area (Å²) in [5.41, 5.74) is 1.80. The molecule has 2 aliphatic rings. The average Bonchev–Trinajstić information content (AvgIpc) is 3.32. The van der Waals surface area contributed by atoms with Crippen molar-refractivity contribution in [3.63, 3.8) is 0 Å². The van der Waals surface area contributed by atoms with E-state index >= 15 is 0 Å². The van der Waals surface area contributed by atoms with E-state index in [1.54, 1.807) is 6.07 Å². The SMILES string of the molecule is CC(C)(C)C1CCC(Oc2ccc(-c3cccc(CCC4CCC(C(=O)O)C4)c3)cc2C(F)(F)F)CC1. The highest BCUT2D eigenvalue weighted by atomic mass is 19.4. The van der Waals surface area contributed by atoms with Crippen LogP contribution in [0.15, 0.2) is 42.5 Å². The number of carbonyl (C=O) groups is 1. The predicted molar refractivity (Wildman–Crippen MR) is 139 cm³/mol. The minimum atomic E-state index is -4.51. The first kappa shape index (κ1) is 27.5. The Bertz CT molecular complexity index is 1080.